The number of carbonyl (C=O) groups is 2. The third-order valence-electron chi connectivity index (χ3n) is 2.53. The van der Waals surface area contributed by atoms with E-state index in [9.17, 15) is 9.59 Å². The first-order valence-corrected chi connectivity index (χ1v) is 6.19. The van der Waals surface area contributed by atoms with E-state index in [2.05, 4.69) is 15.3 Å². The molecule has 7 nitrogen and oxygen atoms in total. The molecule has 7 heteroatoms. The molecular weight excluding hydrogens is 274 g/mol. The van der Waals surface area contributed by atoms with Gasteiger partial charge < -0.3 is 15.2 Å². The molecular formula is C14H13N3O4. The number of aromatic carboxylic acids is 1. The zero-order chi connectivity index (χ0) is 15.2. The number of carbonyl (C=O) groups excluding carboxylic acids is 1. The van der Waals surface area contributed by atoms with Crippen LogP contribution in [0.1, 0.15) is 27.8 Å². The maximum atomic E-state index is 12.0. The van der Waals surface area contributed by atoms with E-state index in [0.29, 0.717) is 18.2 Å². The summed E-state index contributed by atoms with van der Waals surface area (Å²) in [4.78, 5) is 30.5. The maximum absolute atomic E-state index is 12.0. The number of pyridine rings is 2. The molecule has 0 aliphatic carbocycles. The van der Waals surface area contributed by atoms with E-state index in [-0.39, 0.29) is 11.3 Å². The van der Waals surface area contributed by atoms with Gasteiger partial charge in [0.2, 0.25) is 5.88 Å². The van der Waals surface area contributed by atoms with Crippen molar-refractivity contribution in [2.75, 3.05) is 11.9 Å². The van der Waals surface area contributed by atoms with Crippen molar-refractivity contribution in [3.8, 4) is 5.88 Å². The van der Waals surface area contributed by atoms with Crippen LogP contribution in [0.2, 0.25) is 0 Å². The van der Waals surface area contributed by atoms with Crippen molar-refractivity contribution in [1.82, 2.24) is 9.97 Å². The summed E-state index contributed by atoms with van der Waals surface area (Å²) in [6.07, 6.45) is 2.73. The number of hydrogen-bond donors (Lipinski definition) is 2. The average molecular weight is 287 g/mol. The summed E-state index contributed by atoms with van der Waals surface area (Å²) in [7, 11) is 0. The van der Waals surface area contributed by atoms with Crippen molar-refractivity contribution in [2.24, 2.45) is 0 Å². The van der Waals surface area contributed by atoms with Crippen LogP contribution in [-0.2, 0) is 0 Å². The topological polar surface area (TPSA) is 101 Å². The van der Waals surface area contributed by atoms with Gasteiger partial charge in [0, 0.05) is 17.8 Å². The Morgan fingerprint density at radius 3 is 2.71 bits per heavy atom. The fraction of sp³-hybridized carbons (Fsp3) is 0.143. The summed E-state index contributed by atoms with van der Waals surface area (Å²) < 4.78 is 5.20. The van der Waals surface area contributed by atoms with Crippen LogP contribution in [0.4, 0.5) is 5.69 Å². The van der Waals surface area contributed by atoms with Gasteiger partial charge in [-0.2, -0.15) is 0 Å². The number of rotatable bonds is 5. The van der Waals surface area contributed by atoms with E-state index in [4.69, 9.17) is 9.84 Å². The second kappa shape index (κ2) is 6.47. The van der Waals surface area contributed by atoms with Crippen LogP contribution < -0.4 is 10.1 Å². The Morgan fingerprint density at radius 1 is 1.29 bits per heavy atom. The fourth-order valence-electron chi connectivity index (χ4n) is 1.58. The van der Waals surface area contributed by atoms with Gasteiger partial charge in [-0.25, -0.2) is 14.8 Å². The van der Waals surface area contributed by atoms with E-state index in [0.717, 1.165) is 0 Å². The molecule has 2 aromatic rings. The Bertz CT molecular complexity index is 656. The Labute approximate surface area is 120 Å². The summed E-state index contributed by atoms with van der Waals surface area (Å²) in [5, 5.41) is 11.5. The first-order valence-electron chi connectivity index (χ1n) is 6.19. The molecule has 0 radical (unpaired) electrons. The number of carboxylic acid groups (broad SMARTS) is 1. The standard InChI is InChI=1S/C14H13N3O4/c1-2-21-12-4-3-10(8-16-12)17-13(18)9-5-6-15-11(7-9)14(19)20/h3-8H,2H2,1H3,(H,17,18)(H,19,20). The number of anilines is 1. The van der Waals surface area contributed by atoms with Gasteiger partial charge in [0.15, 0.2) is 0 Å². The monoisotopic (exact) mass is 287 g/mol. The Hall–Kier alpha value is -2.96. The van der Waals surface area contributed by atoms with Gasteiger partial charge in [-0.05, 0) is 25.1 Å². The lowest BCUT2D eigenvalue weighted by Crippen LogP contribution is -2.13. The largest absolute Gasteiger partial charge is 0.478 e. The predicted molar refractivity (Wildman–Crippen MR) is 74.6 cm³/mol. The van der Waals surface area contributed by atoms with Crippen LogP contribution >= 0.6 is 0 Å². The predicted octanol–water partition coefficient (Wildman–Crippen LogP) is 1.83. The minimum Gasteiger partial charge on any atom is -0.478 e. The summed E-state index contributed by atoms with van der Waals surface area (Å²) in [5.74, 6) is -1.16. The van der Waals surface area contributed by atoms with E-state index < -0.39 is 11.9 Å². The number of nitrogens with zero attached hydrogens (tertiary/aromatic N) is 2. The van der Waals surface area contributed by atoms with Gasteiger partial charge >= 0.3 is 5.97 Å². The zero-order valence-corrected chi connectivity index (χ0v) is 11.2. The van der Waals surface area contributed by atoms with Gasteiger partial charge in [-0.15, -0.1) is 0 Å². The van der Waals surface area contributed by atoms with Gasteiger partial charge in [-0.1, -0.05) is 0 Å². The van der Waals surface area contributed by atoms with Crippen molar-refractivity contribution in [3.63, 3.8) is 0 Å². The van der Waals surface area contributed by atoms with Crippen LogP contribution in [0, 0.1) is 0 Å². The number of ether oxygens (including phenoxy) is 1. The molecule has 2 heterocycles. The lowest BCUT2D eigenvalue weighted by atomic mass is 10.2. The summed E-state index contributed by atoms with van der Waals surface area (Å²) in [6, 6.07) is 5.92. The number of nitrogens with one attached hydrogen (secondary N) is 1. The molecule has 21 heavy (non-hydrogen) atoms. The van der Waals surface area contributed by atoms with Gasteiger partial charge in [0.25, 0.3) is 5.91 Å². The van der Waals surface area contributed by atoms with E-state index in [1.54, 1.807) is 12.1 Å². The number of amides is 1. The van der Waals surface area contributed by atoms with Crippen LogP contribution in [0.5, 0.6) is 5.88 Å². The Kier molecular flexibility index (Phi) is 4.45. The normalized spacial score (nSPS) is 9.95. The van der Waals surface area contributed by atoms with Gasteiger partial charge in [-0.3, -0.25) is 4.79 Å². The molecule has 0 saturated carbocycles. The number of carboxylic acids is 1. The first-order chi connectivity index (χ1) is 10.1. The highest BCUT2D eigenvalue weighted by Gasteiger charge is 2.11. The van der Waals surface area contributed by atoms with Crippen molar-refractivity contribution in [1.29, 1.82) is 0 Å². The van der Waals surface area contributed by atoms with Crippen molar-refractivity contribution in [2.45, 2.75) is 6.92 Å². The zero-order valence-electron chi connectivity index (χ0n) is 11.2. The van der Waals surface area contributed by atoms with Gasteiger partial charge in [0.05, 0.1) is 18.5 Å². The number of hydrogen-bond acceptors (Lipinski definition) is 5. The third-order valence-corrected chi connectivity index (χ3v) is 2.53. The van der Waals surface area contributed by atoms with Crippen molar-refractivity contribution < 1.29 is 19.4 Å². The molecule has 1 amide bonds. The molecule has 0 aliphatic heterocycles. The lowest BCUT2D eigenvalue weighted by molar-refractivity contribution is 0.0690. The smallest absolute Gasteiger partial charge is 0.354 e. The van der Waals surface area contributed by atoms with Crippen molar-refractivity contribution >= 4 is 17.6 Å². The maximum Gasteiger partial charge on any atom is 0.354 e. The van der Waals surface area contributed by atoms with Crippen LogP contribution in [-0.4, -0.2) is 33.6 Å². The molecule has 0 spiro atoms. The van der Waals surface area contributed by atoms with E-state index >= 15 is 0 Å². The molecule has 0 fully saturated rings. The molecule has 0 aromatic carbocycles. The van der Waals surface area contributed by atoms with Crippen molar-refractivity contribution in [3.05, 3.63) is 47.9 Å². The molecule has 0 atom stereocenters. The summed E-state index contributed by atoms with van der Waals surface area (Å²) >= 11 is 0. The first kappa shape index (κ1) is 14.4. The average Bonchev–Trinajstić information content (AvgIpc) is 2.49. The van der Waals surface area contributed by atoms with Gasteiger partial charge in [0.1, 0.15) is 5.69 Å². The Balaban J connectivity index is 2.10. The van der Waals surface area contributed by atoms with Crippen LogP contribution in [0.15, 0.2) is 36.7 Å². The minimum absolute atomic E-state index is 0.188. The number of aromatic nitrogens is 2. The third kappa shape index (κ3) is 3.75. The SMILES string of the molecule is CCOc1ccc(NC(=O)c2ccnc(C(=O)O)c2)cn1. The molecule has 2 rings (SSSR count). The molecule has 2 N–H and O–H groups in total. The quantitative estimate of drug-likeness (QED) is 0.869. The molecule has 2 aromatic heterocycles. The second-order valence-electron chi connectivity index (χ2n) is 4.01. The fourth-order valence-corrected chi connectivity index (χ4v) is 1.58. The van der Waals surface area contributed by atoms with Crippen LogP contribution in [0.3, 0.4) is 0 Å². The molecule has 0 saturated heterocycles. The second-order valence-corrected chi connectivity index (χ2v) is 4.01. The lowest BCUT2D eigenvalue weighted by Gasteiger charge is -2.06. The minimum atomic E-state index is -1.19. The highest BCUT2D eigenvalue weighted by molar-refractivity contribution is 6.05. The highest BCUT2D eigenvalue weighted by atomic mass is 16.5. The van der Waals surface area contributed by atoms with Crippen LogP contribution in [0.25, 0.3) is 0 Å². The molecule has 0 unspecified atom stereocenters. The summed E-state index contributed by atoms with van der Waals surface area (Å²) in [5.41, 5.74) is 0.501. The Morgan fingerprint density at radius 2 is 2.10 bits per heavy atom. The summed E-state index contributed by atoms with van der Waals surface area (Å²) in [6.45, 7) is 2.36. The molecule has 0 aliphatic rings. The van der Waals surface area contributed by atoms with E-state index in [1.165, 1.54) is 24.5 Å². The van der Waals surface area contributed by atoms with E-state index in [1.807, 2.05) is 6.92 Å². The molecule has 0 bridgehead atoms. The highest BCUT2D eigenvalue weighted by Crippen LogP contribution is 2.13. The molecule has 108 valence electrons.